The lowest BCUT2D eigenvalue weighted by Gasteiger charge is -1.98. The first-order valence-electron chi connectivity index (χ1n) is 2.72. The van der Waals surface area contributed by atoms with Crippen molar-refractivity contribution in [1.29, 1.82) is 0 Å². The van der Waals surface area contributed by atoms with Gasteiger partial charge in [-0.2, -0.15) is 11.8 Å². The third-order valence-electron chi connectivity index (χ3n) is 0.833. The lowest BCUT2D eigenvalue weighted by atomic mass is 10.2. The molecule has 1 atom stereocenters. The molecule has 0 N–H and O–H groups in total. The molecule has 0 heterocycles. The minimum Gasteiger partial charge on any atom is -0.301 e. The summed E-state index contributed by atoms with van der Waals surface area (Å²) in [5, 5.41) is 0. The molecule has 0 aliphatic heterocycles. The van der Waals surface area contributed by atoms with E-state index in [2.05, 4.69) is 18.2 Å². The van der Waals surface area contributed by atoms with Crippen molar-refractivity contribution in [2.24, 2.45) is 10.9 Å². The van der Waals surface area contributed by atoms with Crippen LogP contribution in [0.1, 0.15) is 6.92 Å². The first kappa shape index (κ1) is 8.02. The molecule has 0 bridgehead atoms. The lowest BCUT2D eigenvalue weighted by Crippen LogP contribution is -1.97. The largest absolute Gasteiger partial charge is 0.301 e. The molecular formula is C6H13NS. The van der Waals surface area contributed by atoms with Gasteiger partial charge in [0, 0.05) is 19.0 Å². The third kappa shape index (κ3) is 4.19. The van der Waals surface area contributed by atoms with Crippen LogP contribution in [0.4, 0.5) is 0 Å². The monoisotopic (exact) mass is 131 g/mol. The highest BCUT2D eigenvalue weighted by Crippen LogP contribution is 2.00. The van der Waals surface area contributed by atoms with Crippen LogP contribution >= 0.6 is 11.8 Å². The molecule has 0 amide bonds. The number of rotatable bonds is 3. The van der Waals surface area contributed by atoms with Crippen LogP contribution in [0.25, 0.3) is 0 Å². The highest BCUT2D eigenvalue weighted by Gasteiger charge is 1.92. The number of aliphatic imine (C=N–C) groups is 1. The van der Waals surface area contributed by atoms with Crippen molar-refractivity contribution >= 4 is 18.0 Å². The molecule has 0 aliphatic rings. The van der Waals surface area contributed by atoms with Crippen LogP contribution in [-0.2, 0) is 0 Å². The van der Waals surface area contributed by atoms with Gasteiger partial charge in [-0.3, -0.25) is 0 Å². The highest BCUT2D eigenvalue weighted by atomic mass is 32.2. The molecule has 8 heavy (non-hydrogen) atoms. The predicted octanol–water partition coefficient (Wildman–Crippen LogP) is 1.69. The summed E-state index contributed by atoms with van der Waals surface area (Å²) in [4.78, 5) is 3.92. The Balaban J connectivity index is 3.17. The van der Waals surface area contributed by atoms with Crippen LogP contribution < -0.4 is 0 Å². The van der Waals surface area contributed by atoms with Gasteiger partial charge in [0.05, 0.1) is 0 Å². The second-order valence-corrected chi connectivity index (χ2v) is 2.75. The summed E-state index contributed by atoms with van der Waals surface area (Å²) >= 11 is 1.86. The molecule has 0 saturated carbocycles. The summed E-state index contributed by atoms with van der Waals surface area (Å²) < 4.78 is 0. The van der Waals surface area contributed by atoms with E-state index >= 15 is 0 Å². The Kier molecular flexibility index (Phi) is 5.18. The van der Waals surface area contributed by atoms with E-state index < -0.39 is 0 Å². The van der Waals surface area contributed by atoms with Gasteiger partial charge in [0.15, 0.2) is 0 Å². The van der Waals surface area contributed by atoms with E-state index in [1.165, 1.54) is 5.75 Å². The van der Waals surface area contributed by atoms with Crippen molar-refractivity contribution < 1.29 is 0 Å². The quantitative estimate of drug-likeness (QED) is 0.531. The van der Waals surface area contributed by atoms with E-state index in [1.54, 1.807) is 0 Å². The fourth-order valence-electron chi connectivity index (χ4n) is 0.560. The van der Waals surface area contributed by atoms with Gasteiger partial charge in [-0.25, -0.2) is 0 Å². The van der Waals surface area contributed by atoms with Crippen molar-refractivity contribution in [1.82, 2.24) is 0 Å². The molecule has 2 heteroatoms. The van der Waals surface area contributed by atoms with Gasteiger partial charge < -0.3 is 4.99 Å². The van der Waals surface area contributed by atoms with E-state index in [0.717, 1.165) is 0 Å². The zero-order chi connectivity index (χ0) is 6.41. The van der Waals surface area contributed by atoms with Gasteiger partial charge in [-0.05, 0) is 12.2 Å². The SMILES string of the molecule is CN=CC(C)CSC. The lowest BCUT2D eigenvalue weighted by molar-refractivity contribution is 0.922. The molecule has 0 aromatic carbocycles. The van der Waals surface area contributed by atoms with Crippen LogP contribution in [-0.4, -0.2) is 25.3 Å². The van der Waals surface area contributed by atoms with Gasteiger partial charge in [0.1, 0.15) is 0 Å². The maximum atomic E-state index is 3.92. The number of nitrogens with zero attached hydrogens (tertiary/aromatic N) is 1. The molecular weight excluding hydrogens is 118 g/mol. The third-order valence-corrected chi connectivity index (χ3v) is 1.69. The van der Waals surface area contributed by atoms with Crippen LogP contribution in [0.5, 0.6) is 0 Å². The van der Waals surface area contributed by atoms with Crippen LogP contribution in [0.15, 0.2) is 4.99 Å². The molecule has 0 radical (unpaired) electrons. The second-order valence-electron chi connectivity index (χ2n) is 1.84. The van der Waals surface area contributed by atoms with Gasteiger partial charge in [-0.15, -0.1) is 0 Å². The topological polar surface area (TPSA) is 12.4 Å². The zero-order valence-corrected chi connectivity index (χ0v) is 6.53. The van der Waals surface area contributed by atoms with Crippen molar-refractivity contribution in [3.8, 4) is 0 Å². The molecule has 0 fully saturated rings. The van der Waals surface area contributed by atoms with E-state index in [9.17, 15) is 0 Å². The summed E-state index contributed by atoms with van der Waals surface area (Å²) in [6.07, 6.45) is 4.09. The Hall–Kier alpha value is 0.0200. The summed E-state index contributed by atoms with van der Waals surface area (Å²) in [6, 6.07) is 0. The Morgan fingerprint density at radius 3 is 2.75 bits per heavy atom. The van der Waals surface area contributed by atoms with E-state index in [0.29, 0.717) is 5.92 Å². The summed E-state index contributed by atoms with van der Waals surface area (Å²) in [6.45, 7) is 2.17. The predicted molar refractivity (Wildman–Crippen MR) is 42.0 cm³/mol. The fraction of sp³-hybridized carbons (Fsp3) is 0.833. The Labute approximate surface area is 55.6 Å². The molecule has 0 aromatic rings. The number of hydrogen-bond donors (Lipinski definition) is 0. The van der Waals surface area contributed by atoms with Crippen molar-refractivity contribution in [2.45, 2.75) is 6.92 Å². The zero-order valence-electron chi connectivity index (χ0n) is 5.72. The van der Waals surface area contributed by atoms with E-state index in [4.69, 9.17) is 0 Å². The fourth-order valence-corrected chi connectivity index (χ4v) is 1.17. The molecule has 1 nitrogen and oxygen atoms in total. The first-order valence-corrected chi connectivity index (χ1v) is 4.12. The number of thioether (sulfide) groups is 1. The van der Waals surface area contributed by atoms with Gasteiger partial charge in [-0.1, -0.05) is 6.92 Å². The summed E-state index contributed by atoms with van der Waals surface area (Å²) in [7, 11) is 1.82. The van der Waals surface area contributed by atoms with Crippen LogP contribution in [0.2, 0.25) is 0 Å². The van der Waals surface area contributed by atoms with E-state index in [-0.39, 0.29) is 0 Å². The highest BCUT2D eigenvalue weighted by molar-refractivity contribution is 7.98. The Morgan fingerprint density at radius 2 is 2.38 bits per heavy atom. The standard InChI is InChI=1S/C6H13NS/c1-6(4-7-2)5-8-3/h4,6H,5H2,1-3H3. The Bertz CT molecular complexity index is 70.9. The molecule has 0 rings (SSSR count). The molecule has 0 aliphatic carbocycles. The van der Waals surface area contributed by atoms with Gasteiger partial charge >= 0.3 is 0 Å². The number of hydrogen-bond acceptors (Lipinski definition) is 2. The second kappa shape index (κ2) is 5.16. The summed E-state index contributed by atoms with van der Waals surface area (Å²) in [5.41, 5.74) is 0. The first-order chi connectivity index (χ1) is 3.81. The van der Waals surface area contributed by atoms with Crippen LogP contribution in [0.3, 0.4) is 0 Å². The molecule has 0 spiro atoms. The molecule has 0 aromatic heterocycles. The molecule has 0 saturated heterocycles. The van der Waals surface area contributed by atoms with Crippen LogP contribution in [0, 0.1) is 5.92 Å². The van der Waals surface area contributed by atoms with Crippen molar-refractivity contribution in [3.05, 3.63) is 0 Å². The molecule has 1 unspecified atom stereocenters. The maximum absolute atomic E-state index is 3.92. The minimum atomic E-state index is 0.634. The van der Waals surface area contributed by atoms with Crippen molar-refractivity contribution in [2.75, 3.05) is 19.1 Å². The minimum absolute atomic E-state index is 0.634. The molecule has 48 valence electrons. The normalized spacial score (nSPS) is 14.9. The van der Waals surface area contributed by atoms with Gasteiger partial charge in [0.25, 0.3) is 0 Å². The Morgan fingerprint density at radius 1 is 1.75 bits per heavy atom. The van der Waals surface area contributed by atoms with Gasteiger partial charge in [0.2, 0.25) is 0 Å². The maximum Gasteiger partial charge on any atom is 0.0273 e. The smallest absolute Gasteiger partial charge is 0.0273 e. The van der Waals surface area contributed by atoms with E-state index in [1.807, 2.05) is 25.0 Å². The average Bonchev–Trinajstić information content (AvgIpc) is 1.68. The van der Waals surface area contributed by atoms with Crippen molar-refractivity contribution in [3.63, 3.8) is 0 Å². The summed E-state index contributed by atoms with van der Waals surface area (Å²) in [5.74, 6) is 1.81. The average molecular weight is 131 g/mol.